The molecule has 0 bridgehead atoms. The summed E-state index contributed by atoms with van der Waals surface area (Å²) in [5.41, 5.74) is 3.19. The van der Waals surface area contributed by atoms with Crippen molar-refractivity contribution < 1.29 is 14.3 Å². The molecule has 1 N–H and O–H groups in total. The molecule has 7 heteroatoms. The summed E-state index contributed by atoms with van der Waals surface area (Å²) >= 11 is 12.2. The fourth-order valence-corrected chi connectivity index (χ4v) is 3.60. The lowest BCUT2D eigenvalue weighted by molar-refractivity contribution is -0.112. The first kappa shape index (κ1) is 25.2. The minimum atomic E-state index is -0.484. The third-order valence-electron chi connectivity index (χ3n) is 4.96. The van der Waals surface area contributed by atoms with Crippen LogP contribution in [0.3, 0.4) is 0 Å². The molecule has 174 valence electrons. The molecule has 0 aliphatic rings. The van der Waals surface area contributed by atoms with Crippen LogP contribution in [0.4, 0.5) is 5.69 Å². The highest BCUT2D eigenvalue weighted by molar-refractivity contribution is 6.35. The lowest BCUT2D eigenvalue weighted by Crippen LogP contribution is -2.13. The molecule has 3 rings (SSSR count). The zero-order chi connectivity index (χ0) is 24.5. The van der Waals surface area contributed by atoms with Gasteiger partial charge in [0.05, 0.1) is 6.61 Å². The number of halogens is 2. The number of nitrogens with one attached hydrogen (secondary N) is 1. The quantitative estimate of drug-likeness (QED) is 0.254. The molecule has 0 aliphatic heterocycles. The zero-order valence-electron chi connectivity index (χ0n) is 18.9. The van der Waals surface area contributed by atoms with Crippen LogP contribution < -0.4 is 14.8 Å². The van der Waals surface area contributed by atoms with Crippen LogP contribution >= 0.6 is 23.2 Å². The lowest BCUT2D eigenvalue weighted by Gasteiger charge is -2.13. The van der Waals surface area contributed by atoms with Crippen molar-refractivity contribution in [3.63, 3.8) is 0 Å². The van der Waals surface area contributed by atoms with Gasteiger partial charge in [-0.3, -0.25) is 4.79 Å². The van der Waals surface area contributed by atoms with Gasteiger partial charge in [0.1, 0.15) is 18.2 Å². The Morgan fingerprint density at radius 2 is 1.76 bits per heavy atom. The minimum absolute atomic E-state index is 0.0244. The molecule has 3 aromatic carbocycles. The smallest absolute Gasteiger partial charge is 0.266 e. The van der Waals surface area contributed by atoms with Gasteiger partial charge in [-0.25, -0.2) is 0 Å². The molecular weight excluding hydrogens is 471 g/mol. The predicted octanol–water partition coefficient (Wildman–Crippen LogP) is 7.08. The number of carbonyl (C=O) groups is 1. The standard InChI is InChI=1S/C27H24Cl2N2O3/c1-3-18-5-10-23(11-6-18)31-27(32)21(16-30)13-19-7-12-25(26(14-19)33-4-2)34-17-20-8-9-22(28)15-24(20)29/h5-15H,3-4,17H2,1-2H3,(H,31,32)/b21-13+. The van der Waals surface area contributed by atoms with Gasteiger partial charge >= 0.3 is 0 Å². The fourth-order valence-electron chi connectivity index (χ4n) is 3.13. The van der Waals surface area contributed by atoms with Gasteiger partial charge in [-0.2, -0.15) is 5.26 Å². The molecular formula is C27H24Cl2N2O3. The summed E-state index contributed by atoms with van der Waals surface area (Å²) in [4.78, 5) is 12.6. The number of ether oxygens (including phenoxy) is 2. The van der Waals surface area contributed by atoms with Crippen molar-refractivity contribution in [2.75, 3.05) is 11.9 Å². The second-order valence-corrected chi connectivity index (χ2v) is 8.18. The van der Waals surface area contributed by atoms with E-state index >= 15 is 0 Å². The van der Waals surface area contributed by atoms with Gasteiger partial charge < -0.3 is 14.8 Å². The van der Waals surface area contributed by atoms with Crippen LogP contribution in [0.2, 0.25) is 10.0 Å². The Morgan fingerprint density at radius 1 is 1.00 bits per heavy atom. The Labute approximate surface area is 209 Å². The number of aryl methyl sites for hydroxylation is 1. The summed E-state index contributed by atoms with van der Waals surface area (Å²) in [7, 11) is 0. The number of anilines is 1. The molecule has 0 radical (unpaired) electrons. The number of nitrogens with zero attached hydrogens (tertiary/aromatic N) is 1. The number of rotatable bonds is 9. The third kappa shape index (κ3) is 6.77. The van der Waals surface area contributed by atoms with E-state index in [1.165, 1.54) is 6.08 Å². The topological polar surface area (TPSA) is 71.3 Å². The normalized spacial score (nSPS) is 11.0. The van der Waals surface area contributed by atoms with E-state index in [1.807, 2.05) is 37.3 Å². The zero-order valence-corrected chi connectivity index (χ0v) is 20.4. The lowest BCUT2D eigenvalue weighted by atomic mass is 10.1. The summed E-state index contributed by atoms with van der Waals surface area (Å²) in [5, 5.41) is 13.4. The molecule has 5 nitrogen and oxygen atoms in total. The SMILES string of the molecule is CCOc1cc(/C=C(\C#N)C(=O)Nc2ccc(CC)cc2)ccc1OCc1ccc(Cl)cc1Cl. The van der Waals surface area contributed by atoms with Gasteiger partial charge in [0.15, 0.2) is 11.5 Å². The summed E-state index contributed by atoms with van der Waals surface area (Å²) in [5.74, 6) is 0.528. The molecule has 0 fully saturated rings. The van der Waals surface area contributed by atoms with E-state index in [-0.39, 0.29) is 12.2 Å². The average Bonchev–Trinajstić information content (AvgIpc) is 2.83. The largest absolute Gasteiger partial charge is 0.490 e. The molecule has 0 spiro atoms. The Bertz CT molecular complexity index is 1230. The Kier molecular flexibility index (Phi) is 8.98. The Morgan fingerprint density at radius 3 is 2.41 bits per heavy atom. The number of nitriles is 1. The highest BCUT2D eigenvalue weighted by Crippen LogP contribution is 2.31. The van der Waals surface area contributed by atoms with Gasteiger partial charge in [-0.05, 0) is 66.9 Å². The van der Waals surface area contributed by atoms with E-state index in [1.54, 1.807) is 36.4 Å². The van der Waals surface area contributed by atoms with Crippen molar-refractivity contribution >= 4 is 40.9 Å². The molecule has 0 unspecified atom stereocenters. The maximum atomic E-state index is 12.6. The Balaban J connectivity index is 1.77. The maximum Gasteiger partial charge on any atom is 0.266 e. The number of hydrogen-bond donors (Lipinski definition) is 1. The number of hydrogen-bond acceptors (Lipinski definition) is 4. The van der Waals surface area contributed by atoms with Crippen LogP contribution in [-0.2, 0) is 17.8 Å². The first-order valence-corrected chi connectivity index (χ1v) is 11.5. The number of carbonyl (C=O) groups excluding carboxylic acids is 1. The molecule has 0 atom stereocenters. The fraction of sp³-hybridized carbons (Fsp3) is 0.185. The van der Waals surface area contributed by atoms with Crippen LogP contribution in [-0.4, -0.2) is 12.5 Å². The average molecular weight is 495 g/mol. The number of benzene rings is 3. The summed E-state index contributed by atoms with van der Waals surface area (Å²) < 4.78 is 11.6. The second kappa shape index (κ2) is 12.1. The summed E-state index contributed by atoms with van der Waals surface area (Å²) in [6.07, 6.45) is 2.42. The monoisotopic (exact) mass is 494 g/mol. The van der Waals surface area contributed by atoms with Crippen molar-refractivity contribution in [3.8, 4) is 17.6 Å². The van der Waals surface area contributed by atoms with E-state index in [2.05, 4.69) is 12.2 Å². The molecule has 0 aromatic heterocycles. The first-order chi connectivity index (χ1) is 16.4. The van der Waals surface area contributed by atoms with E-state index in [9.17, 15) is 10.1 Å². The van der Waals surface area contributed by atoms with Crippen molar-refractivity contribution in [2.24, 2.45) is 0 Å². The minimum Gasteiger partial charge on any atom is -0.490 e. The molecule has 3 aromatic rings. The maximum absolute atomic E-state index is 12.6. The number of amides is 1. The second-order valence-electron chi connectivity index (χ2n) is 7.34. The molecule has 1 amide bonds. The molecule has 34 heavy (non-hydrogen) atoms. The predicted molar refractivity (Wildman–Crippen MR) is 136 cm³/mol. The van der Waals surface area contributed by atoms with Crippen molar-refractivity contribution in [3.05, 3.63) is 93.0 Å². The van der Waals surface area contributed by atoms with E-state index in [0.29, 0.717) is 39.4 Å². The molecule has 0 heterocycles. The van der Waals surface area contributed by atoms with Crippen molar-refractivity contribution in [1.29, 1.82) is 5.26 Å². The summed E-state index contributed by atoms with van der Waals surface area (Å²) in [6, 6.07) is 19.9. The van der Waals surface area contributed by atoms with E-state index < -0.39 is 5.91 Å². The van der Waals surface area contributed by atoms with Gasteiger partial charge in [-0.1, -0.05) is 54.4 Å². The van der Waals surface area contributed by atoms with Gasteiger partial charge in [0.25, 0.3) is 5.91 Å². The van der Waals surface area contributed by atoms with Gasteiger partial charge in [0, 0.05) is 21.3 Å². The van der Waals surface area contributed by atoms with E-state index in [4.69, 9.17) is 32.7 Å². The van der Waals surface area contributed by atoms with Crippen molar-refractivity contribution in [2.45, 2.75) is 26.9 Å². The van der Waals surface area contributed by atoms with E-state index in [0.717, 1.165) is 17.5 Å². The molecule has 0 saturated heterocycles. The highest BCUT2D eigenvalue weighted by Gasteiger charge is 2.12. The van der Waals surface area contributed by atoms with Crippen LogP contribution in [0.1, 0.15) is 30.5 Å². The highest BCUT2D eigenvalue weighted by atomic mass is 35.5. The summed E-state index contributed by atoms with van der Waals surface area (Å²) in [6.45, 7) is 4.57. The third-order valence-corrected chi connectivity index (χ3v) is 5.55. The van der Waals surface area contributed by atoms with Crippen LogP contribution in [0.15, 0.2) is 66.2 Å². The Hall–Kier alpha value is -3.46. The first-order valence-electron chi connectivity index (χ1n) is 10.8. The van der Waals surface area contributed by atoms with Crippen LogP contribution in [0.25, 0.3) is 6.08 Å². The van der Waals surface area contributed by atoms with Crippen LogP contribution in [0.5, 0.6) is 11.5 Å². The molecule has 0 aliphatic carbocycles. The molecule has 0 saturated carbocycles. The van der Waals surface area contributed by atoms with Crippen LogP contribution in [0, 0.1) is 11.3 Å². The van der Waals surface area contributed by atoms with Crippen molar-refractivity contribution in [1.82, 2.24) is 0 Å². The van der Waals surface area contributed by atoms with Gasteiger partial charge in [-0.15, -0.1) is 0 Å². The van der Waals surface area contributed by atoms with Gasteiger partial charge in [0.2, 0.25) is 0 Å².